The minimum absolute atomic E-state index is 0.176. The minimum atomic E-state index is 0.176. The molecule has 1 aromatic rings. The molecule has 84 valence electrons. The molecule has 0 radical (unpaired) electrons. The molecule has 0 aromatic heterocycles. The van der Waals surface area contributed by atoms with Gasteiger partial charge in [0.15, 0.2) is 0 Å². The molecule has 0 bridgehead atoms. The normalized spacial score (nSPS) is 13.1. The second kappa shape index (κ2) is 6.56. The first kappa shape index (κ1) is 12.2. The van der Waals surface area contributed by atoms with E-state index in [1.54, 1.807) is 0 Å². The average molecular weight is 208 g/mol. The van der Waals surface area contributed by atoms with Crippen LogP contribution in [-0.4, -0.2) is 18.8 Å². The second-order valence-corrected chi connectivity index (χ2v) is 3.94. The number of hydrogen-bond donors (Lipinski definition) is 2. The second-order valence-electron chi connectivity index (χ2n) is 3.94. The molecule has 3 nitrogen and oxygen atoms in total. The van der Waals surface area contributed by atoms with Gasteiger partial charge in [0.1, 0.15) is 0 Å². The number of hydrazine groups is 1. The van der Waals surface area contributed by atoms with Crippen LogP contribution >= 0.6 is 0 Å². The van der Waals surface area contributed by atoms with Crippen LogP contribution in [0.25, 0.3) is 0 Å². The van der Waals surface area contributed by atoms with E-state index < -0.39 is 0 Å². The topological polar surface area (TPSA) is 47.3 Å². The Morgan fingerprint density at radius 1 is 1.27 bits per heavy atom. The summed E-state index contributed by atoms with van der Waals surface area (Å²) in [7, 11) is 0. The average Bonchev–Trinajstić information content (AvgIpc) is 2.25. The zero-order valence-electron chi connectivity index (χ0n) is 9.44. The van der Waals surface area contributed by atoms with Gasteiger partial charge in [-0.05, 0) is 25.8 Å². The van der Waals surface area contributed by atoms with Crippen LogP contribution in [0.5, 0.6) is 0 Å². The van der Waals surface area contributed by atoms with Crippen molar-refractivity contribution in [1.82, 2.24) is 5.43 Å². The third kappa shape index (κ3) is 4.93. The maximum atomic E-state index is 5.52. The minimum Gasteiger partial charge on any atom is -0.377 e. The van der Waals surface area contributed by atoms with Crippen LogP contribution < -0.4 is 11.3 Å². The van der Waals surface area contributed by atoms with Crippen LogP contribution in [0.2, 0.25) is 0 Å². The summed E-state index contributed by atoms with van der Waals surface area (Å²) in [5, 5.41) is 0. The van der Waals surface area contributed by atoms with E-state index in [9.17, 15) is 0 Å². The Labute approximate surface area is 91.6 Å². The summed E-state index contributed by atoms with van der Waals surface area (Å²) in [4.78, 5) is 0. The van der Waals surface area contributed by atoms with E-state index >= 15 is 0 Å². The van der Waals surface area contributed by atoms with E-state index in [1.165, 1.54) is 5.56 Å². The highest BCUT2D eigenvalue weighted by atomic mass is 16.5. The summed E-state index contributed by atoms with van der Waals surface area (Å²) in [6, 6.07) is 10.5. The van der Waals surface area contributed by atoms with Gasteiger partial charge in [0.05, 0.1) is 12.7 Å². The fraction of sp³-hybridized carbons (Fsp3) is 0.500. The Bertz CT molecular complexity index is 262. The standard InChI is InChI=1S/C12H20N2O/c1-10(2)15-9-12(14-13)8-11-6-4-3-5-7-11/h3-7,10,12,14H,8-9,13H2,1-2H3. The zero-order valence-corrected chi connectivity index (χ0v) is 9.44. The van der Waals surface area contributed by atoms with Crippen molar-refractivity contribution >= 4 is 0 Å². The number of nitrogens with two attached hydrogens (primary N) is 1. The molecule has 1 rings (SSSR count). The lowest BCUT2D eigenvalue weighted by molar-refractivity contribution is 0.0613. The van der Waals surface area contributed by atoms with Crippen molar-refractivity contribution in [2.45, 2.75) is 32.4 Å². The molecule has 0 aliphatic heterocycles. The number of benzene rings is 1. The van der Waals surface area contributed by atoms with Crippen LogP contribution in [0.3, 0.4) is 0 Å². The first-order chi connectivity index (χ1) is 7.22. The van der Waals surface area contributed by atoms with E-state index in [4.69, 9.17) is 10.6 Å². The van der Waals surface area contributed by atoms with Crippen LogP contribution in [0.4, 0.5) is 0 Å². The molecule has 0 aliphatic carbocycles. The van der Waals surface area contributed by atoms with E-state index in [0.29, 0.717) is 6.61 Å². The molecule has 1 unspecified atom stereocenters. The Balaban J connectivity index is 2.40. The molecule has 0 spiro atoms. The lowest BCUT2D eigenvalue weighted by atomic mass is 10.1. The van der Waals surface area contributed by atoms with Crippen LogP contribution in [0, 0.1) is 0 Å². The van der Waals surface area contributed by atoms with Gasteiger partial charge in [0.2, 0.25) is 0 Å². The quantitative estimate of drug-likeness (QED) is 0.550. The molecule has 0 aliphatic rings. The maximum absolute atomic E-state index is 5.52. The SMILES string of the molecule is CC(C)OCC(Cc1ccccc1)NN. The number of hydrogen-bond acceptors (Lipinski definition) is 3. The Morgan fingerprint density at radius 3 is 2.47 bits per heavy atom. The van der Waals surface area contributed by atoms with E-state index in [0.717, 1.165) is 6.42 Å². The molecule has 0 heterocycles. The lowest BCUT2D eigenvalue weighted by Gasteiger charge is -2.17. The Kier molecular flexibility index (Phi) is 5.32. The first-order valence-corrected chi connectivity index (χ1v) is 5.34. The summed E-state index contributed by atoms with van der Waals surface area (Å²) in [6.45, 7) is 4.69. The molecule has 0 amide bonds. The molecule has 1 aromatic carbocycles. The largest absolute Gasteiger partial charge is 0.377 e. The van der Waals surface area contributed by atoms with Crippen LogP contribution in [0.1, 0.15) is 19.4 Å². The van der Waals surface area contributed by atoms with Gasteiger partial charge >= 0.3 is 0 Å². The highest BCUT2D eigenvalue weighted by molar-refractivity contribution is 5.15. The van der Waals surface area contributed by atoms with Crippen molar-refractivity contribution in [2.75, 3.05) is 6.61 Å². The van der Waals surface area contributed by atoms with Crippen LogP contribution in [0.15, 0.2) is 30.3 Å². The molecular weight excluding hydrogens is 188 g/mol. The van der Waals surface area contributed by atoms with Gasteiger partial charge in [0.25, 0.3) is 0 Å². The summed E-state index contributed by atoms with van der Waals surface area (Å²) < 4.78 is 5.52. The summed E-state index contributed by atoms with van der Waals surface area (Å²) in [6.07, 6.45) is 1.14. The highest BCUT2D eigenvalue weighted by Crippen LogP contribution is 2.03. The molecule has 3 N–H and O–H groups in total. The van der Waals surface area contributed by atoms with Gasteiger partial charge in [-0.2, -0.15) is 0 Å². The fourth-order valence-corrected chi connectivity index (χ4v) is 1.37. The summed E-state index contributed by atoms with van der Waals surface area (Å²) >= 11 is 0. The fourth-order valence-electron chi connectivity index (χ4n) is 1.37. The highest BCUT2D eigenvalue weighted by Gasteiger charge is 2.08. The molecule has 0 fully saturated rings. The van der Waals surface area contributed by atoms with Crippen molar-refractivity contribution in [3.63, 3.8) is 0 Å². The van der Waals surface area contributed by atoms with Crippen molar-refractivity contribution in [3.8, 4) is 0 Å². The third-order valence-electron chi connectivity index (χ3n) is 2.19. The van der Waals surface area contributed by atoms with Crippen molar-refractivity contribution in [2.24, 2.45) is 5.84 Å². The van der Waals surface area contributed by atoms with E-state index in [2.05, 4.69) is 17.6 Å². The Hall–Kier alpha value is -0.900. The van der Waals surface area contributed by atoms with Crippen molar-refractivity contribution < 1.29 is 4.74 Å². The van der Waals surface area contributed by atoms with Crippen LogP contribution in [-0.2, 0) is 11.2 Å². The molecule has 0 saturated carbocycles. The summed E-state index contributed by atoms with van der Waals surface area (Å²) in [5.41, 5.74) is 4.05. The van der Waals surface area contributed by atoms with E-state index in [1.807, 2.05) is 32.0 Å². The monoisotopic (exact) mass is 208 g/mol. The van der Waals surface area contributed by atoms with Gasteiger partial charge in [-0.1, -0.05) is 30.3 Å². The lowest BCUT2D eigenvalue weighted by Crippen LogP contribution is -2.40. The van der Waals surface area contributed by atoms with Gasteiger partial charge in [-0.25, -0.2) is 0 Å². The van der Waals surface area contributed by atoms with Gasteiger partial charge in [-0.15, -0.1) is 0 Å². The molecule has 0 saturated heterocycles. The Morgan fingerprint density at radius 2 is 1.93 bits per heavy atom. The summed E-state index contributed by atoms with van der Waals surface area (Å²) in [5.74, 6) is 5.48. The van der Waals surface area contributed by atoms with Gasteiger partial charge in [0, 0.05) is 6.04 Å². The maximum Gasteiger partial charge on any atom is 0.0639 e. The van der Waals surface area contributed by atoms with Gasteiger partial charge < -0.3 is 4.74 Å². The zero-order chi connectivity index (χ0) is 11.1. The van der Waals surface area contributed by atoms with Crippen molar-refractivity contribution in [1.29, 1.82) is 0 Å². The van der Waals surface area contributed by atoms with Crippen molar-refractivity contribution in [3.05, 3.63) is 35.9 Å². The molecular formula is C12H20N2O. The predicted molar refractivity (Wildman–Crippen MR) is 62.3 cm³/mol. The molecule has 3 heteroatoms. The number of ether oxygens (including phenoxy) is 1. The first-order valence-electron chi connectivity index (χ1n) is 5.34. The third-order valence-corrected chi connectivity index (χ3v) is 2.19. The van der Waals surface area contributed by atoms with Gasteiger partial charge in [-0.3, -0.25) is 11.3 Å². The molecule has 1 atom stereocenters. The number of rotatable bonds is 6. The number of nitrogens with one attached hydrogen (secondary N) is 1. The molecule has 15 heavy (non-hydrogen) atoms. The predicted octanol–water partition coefficient (Wildman–Crippen LogP) is 1.49. The smallest absolute Gasteiger partial charge is 0.0639 e. The van der Waals surface area contributed by atoms with E-state index in [-0.39, 0.29) is 12.1 Å².